The van der Waals surface area contributed by atoms with Gasteiger partial charge in [-0.1, -0.05) is 136 Å². The maximum atomic E-state index is 12.6. The van der Waals surface area contributed by atoms with Crippen molar-refractivity contribution in [3.63, 3.8) is 0 Å². The van der Waals surface area contributed by atoms with Crippen LogP contribution in [-0.4, -0.2) is 31.7 Å². The van der Waals surface area contributed by atoms with Crippen LogP contribution in [0.4, 0.5) is 5.69 Å². The Hall–Kier alpha value is -1.40. The van der Waals surface area contributed by atoms with E-state index >= 15 is 0 Å². The number of anilines is 1. The summed E-state index contributed by atoms with van der Waals surface area (Å²) in [5.74, 6) is -0.00340. The van der Waals surface area contributed by atoms with Crippen LogP contribution < -0.4 is 5.32 Å². The van der Waals surface area contributed by atoms with Crippen molar-refractivity contribution in [3.05, 3.63) is 24.3 Å². The molecule has 0 atom stereocenters. The lowest BCUT2D eigenvalue weighted by Crippen LogP contribution is -2.30. The van der Waals surface area contributed by atoms with Crippen LogP contribution in [0.1, 0.15) is 149 Å². The number of unbranched alkanes of at least 4 members (excludes halogenated alkanes) is 18. The van der Waals surface area contributed by atoms with Gasteiger partial charge < -0.3 is 5.32 Å². The molecule has 38 heavy (non-hydrogen) atoms. The number of carbonyl (C=O) groups excluding carboxylic acids is 1. The molecule has 0 aliphatic rings. The van der Waals surface area contributed by atoms with E-state index in [1.807, 2.05) is 13.8 Å². The molecule has 0 aliphatic heterocycles. The quantitative estimate of drug-likeness (QED) is 0.123. The molecule has 1 aromatic carbocycles. The van der Waals surface area contributed by atoms with Crippen LogP contribution in [0.25, 0.3) is 0 Å². The molecule has 1 N–H and O–H groups in total. The highest BCUT2D eigenvalue weighted by Gasteiger charge is 2.21. The summed E-state index contributed by atoms with van der Waals surface area (Å²) in [6.07, 6.45) is 26.0. The summed E-state index contributed by atoms with van der Waals surface area (Å²) in [5, 5.41) is 2.89. The largest absolute Gasteiger partial charge is 0.326 e. The third-order valence-electron chi connectivity index (χ3n) is 7.49. The first-order valence-corrected chi connectivity index (χ1v) is 17.3. The molecule has 6 heteroatoms. The summed E-state index contributed by atoms with van der Waals surface area (Å²) >= 11 is 0. The van der Waals surface area contributed by atoms with Gasteiger partial charge >= 0.3 is 0 Å². The topological polar surface area (TPSA) is 66.5 Å². The van der Waals surface area contributed by atoms with Crippen molar-refractivity contribution in [1.29, 1.82) is 0 Å². The van der Waals surface area contributed by atoms with E-state index in [2.05, 4.69) is 12.2 Å². The second-order valence-electron chi connectivity index (χ2n) is 10.8. The van der Waals surface area contributed by atoms with Gasteiger partial charge in [-0.05, 0) is 30.7 Å². The van der Waals surface area contributed by atoms with E-state index in [0.717, 1.165) is 12.8 Å². The number of hydrogen-bond acceptors (Lipinski definition) is 3. The van der Waals surface area contributed by atoms with Gasteiger partial charge in [0.2, 0.25) is 15.9 Å². The van der Waals surface area contributed by atoms with Gasteiger partial charge in [-0.3, -0.25) is 4.79 Å². The zero-order chi connectivity index (χ0) is 27.9. The van der Waals surface area contributed by atoms with Crippen molar-refractivity contribution in [2.45, 2.75) is 154 Å². The van der Waals surface area contributed by atoms with E-state index in [1.54, 1.807) is 24.3 Å². The fourth-order valence-corrected chi connectivity index (χ4v) is 6.47. The second kappa shape index (κ2) is 22.4. The monoisotopic (exact) mass is 550 g/mol. The average Bonchev–Trinajstić information content (AvgIpc) is 2.91. The number of sulfonamides is 1. The Bertz CT molecular complexity index is 804. The molecule has 0 bridgehead atoms. The molecule has 0 aliphatic carbocycles. The molecule has 1 rings (SSSR count). The molecular weight excluding hydrogens is 492 g/mol. The van der Waals surface area contributed by atoms with Crippen molar-refractivity contribution in [2.24, 2.45) is 0 Å². The second-order valence-corrected chi connectivity index (χ2v) is 12.7. The van der Waals surface area contributed by atoms with Crippen LogP contribution in [0.2, 0.25) is 0 Å². The molecule has 1 aromatic rings. The maximum absolute atomic E-state index is 12.6. The van der Waals surface area contributed by atoms with Gasteiger partial charge in [-0.15, -0.1) is 0 Å². The van der Waals surface area contributed by atoms with Crippen LogP contribution in [0, 0.1) is 0 Å². The SMILES string of the molecule is CCCCCCCCCCCCCCCCCCCCCC(=O)Nc1ccc(S(=O)(=O)N(CC)CC)cc1. The number of hydrogen-bond donors (Lipinski definition) is 1. The van der Waals surface area contributed by atoms with Crippen molar-refractivity contribution in [2.75, 3.05) is 18.4 Å². The number of carbonyl (C=O) groups is 1. The number of rotatable bonds is 25. The lowest BCUT2D eigenvalue weighted by atomic mass is 10.0. The molecule has 0 saturated heterocycles. The first-order valence-electron chi connectivity index (χ1n) is 15.9. The Morgan fingerprint density at radius 3 is 1.34 bits per heavy atom. The Labute approximate surface area is 235 Å². The zero-order valence-electron chi connectivity index (χ0n) is 24.9. The Kier molecular flexibility index (Phi) is 20.4. The van der Waals surface area contributed by atoms with Crippen LogP contribution in [0.3, 0.4) is 0 Å². The van der Waals surface area contributed by atoms with Crippen molar-refractivity contribution < 1.29 is 13.2 Å². The van der Waals surface area contributed by atoms with E-state index in [1.165, 1.54) is 113 Å². The minimum absolute atomic E-state index is 0.00340. The smallest absolute Gasteiger partial charge is 0.243 e. The summed E-state index contributed by atoms with van der Waals surface area (Å²) in [4.78, 5) is 12.5. The van der Waals surface area contributed by atoms with Gasteiger partial charge in [0, 0.05) is 25.2 Å². The standard InChI is InChI=1S/C32H58N2O3S/c1-4-7-8-9-10-11-12-13-14-15-16-17-18-19-20-21-22-23-24-25-32(35)33-30-26-28-31(29-27-30)38(36,37)34(5-2)6-3/h26-29H,4-25H2,1-3H3,(H,33,35). The van der Waals surface area contributed by atoms with Gasteiger partial charge in [0.1, 0.15) is 0 Å². The molecule has 1 amide bonds. The Balaban J connectivity index is 1.96. The minimum Gasteiger partial charge on any atom is -0.326 e. The van der Waals surface area contributed by atoms with Gasteiger partial charge in [0.15, 0.2) is 0 Å². The minimum atomic E-state index is -3.47. The molecule has 0 radical (unpaired) electrons. The molecule has 0 unspecified atom stereocenters. The zero-order valence-corrected chi connectivity index (χ0v) is 25.8. The third-order valence-corrected chi connectivity index (χ3v) is 9.55. The number of nitrogens with zero attached hydrogens (tertiary/aromatic N) is 1. The fourth-order valence-electron chi connectivity index (χ4n) is 5.01. The van der Waals surface area contributed by atoms with Crippen molar-refractivity contribution >= 4 is 21.6 Å². The van der Waals surface area contributed by atoms with E-state index in [4.69, 9.17) is 0 Å². The third kappa shape index (κ3) is 15.9. The fraction of sp³-hybridized carbons (Fsp3) is 0.781. The van der Waals surface area contributed by atoms with Crippen LogP contribution in [0.15, 0.2) is 29.2 Å². The first-order chi connectivity index (χ1) is 18.5. The number of nitrogens with one attached hydrogen (secondary N) is 1. The predicted octanol–water partition coefficient (Wildman–Crippen LogP) is 9.48. The van der Waals surface area contributed by atoms with E-state index < -0.39 is 10.0 Å². The average molecular weight is 551 g/mol. The number of amides is 1. The molecule has 0 saturated carbocycles. The summed E-state index contributed by atoms with van der Waals surface area (Å²) in [7, 11) is -3.47. The van der Waals surface area contributed by atoms with Crippen LogP contribution in [-0.2, 0) is 14.8 Å². The van der Waals surface area contributed by atoms with E-state index in [9.17, 15) is 13.2 Å². The van der Waals surface area contributed by atoms with E-state index in [0.29, 0.717) is 25.2 Å². The van der Waals surface area contributed by atoms with Gasteiger partial charge in [-0.2, -0.15) is 4.31 Å². The van der Waals surface area contributed by atoms with Crippen molar-refractivity contribution in [3.8, 4) is 0 Å². The molecule has 0 fully saturated rings. The lowest BCUT2D eigenvalue weighted by Gasteiger charge is -2.18. The molecular formula is C32H58N2O3S. The van der Waals surface area contributed by atoms with E-state index in [-0.39, 0.29) is 10.8 Å². The molecule has 0 heterocycles. The highest BCUT2D eigenvalue weighted by Crippen LogP contribution is 2.19. The molecule has 220 valence electrons. The maximum Gasteiger partial charge on any atom is 0.243 e. The first kappa shape index (κ1) is 34.6. The Morgan fingerprint density at radius 2 is 0.974 bits per heavy atom. The molecule has 5 nitrogen and oxygen atoms in total. The summed E-state index contributed by atoms with van der Waals surface area (Å²) < 4.78 is 26.6. The van der Waals surface area contributed by atoms with Gasteiger partial charge in [0.05, 0.1) is 4.90 Å². The normalized spacial score (nSPS) is 11.8. The summed E-state index contributed by atoms with van der Waals surface area (Å²) in [5.41, 5.74) is 0.645. The van der Waals surface area contributed by atoms with Gasteiger partial charge in [-0.25, -0.2) is 8.42 Å². The summed E-state index contributed by atoms with van der Waals surface area (Å²) in [6, 6.07) is 6.48. The van der Waals surface area contributed by atoms with Crippen LogP contribution >= 0.6 is 0 Å². The van der Waals surface area contributed by atoms with Crippen molar-refractivity contribution in [1.82, 2.24) is 4.31 Å². The molecule has 0 aromatic heterocycles. The predicted molar refractivity (Wildman–Crippen MR) is 163 cm³/mol. The number of benzene rings is 1. The van der Waals surface area contributed by atoms with Gasteiger partial charge in [0.25, 0.3) is 0 Å². The summed E-state index contributed by atoms with van der Waals surface area (Å²) in [6.45, 7) is 6.82. The Morgan fingerprint density at radius 1 is 0.605 bits per heavy atom. The highest BCUT2D eigenvalue weighted by atomic mass is 32.2. The molecule has 0 spiro atoms. The lowest BCUT2D eigenvalue weighted by molar-refractivity contribution is -0.116. The van der Waals surface area contributed by atoms with Crippen LogP contribution in [0.5, 0.6) is 0 Å². The highest BCUT2D eigenvalue weighted by molar-refractivity contribution is 7.89.